The Bertz CT molecular complexity index is 1530. The van der Waals surface area contributed by atoms with E-state index in [4.69, 9.17) is 14.2 Å². The van der Waals surface area contributed by atoms with E-state index in [9.17, 15) is 4.79 Å². The lowest BCUT2D eigenvalue weighted by Gasteiger charge is -2.43. The van der Waals surface area contributed by atoms with E-state index < -0.39 is 0 Å². The number of ether oxygens (including phenoxy) is 3. The molecule has 0 bridgehead atoms. The molecule has 0 saturated carbocycles. The topological polar surface area (TPSA) is 66.5 Å². The normalized spacial score (nSPS) is 19.7. The number of methoxy groups -OCH3 is 2. The van der Waals surface area contributed by atoms with Gasteiger partial charge in [0.15, 0.2) is 0 Å². The third-order valence-corrected chi connectivity index (χ3v) is 11.1. The average Bonchev–Trinajstić information content (AvgIpc) is 3.25. The summed E-state index contributed by atoms with van der Waals surface area (Å²) in [6.07, 6.45) is 6.26. The van der Waals surface area contributed by atoms with E-state index in [1.807, 2.05) is 21.1 Å². The molecule has 6 rings (SSSR count). The Morgan fingerprint density at radius 2 is 1.11 bits per heavy atom. The fourth-order valence-corrected chi connectivity index (χ4v) is 8.16. The van der Waals surface area contributed by atoms with Crippen LogP contribution in [0, 0.1) is 0 Å². The van der Waals surface area contributed by atoms with Crippen molar-refractivity contribution in [2.45, 2.75) is 103 Å². The van der Waals surface area contributed by atoms with Gasteiger partial charge in [-0.25, -0.2) is 0 Å². The first kappa shape index (κ1) is 45.8. The highest BCUT2D eigenvalue weighted by Gasteiger charge is 2.34. The van der Waals surface area contributed by atoms with Crippen LogP contribution in [0.1, 0.15) is 75.1 Å². The molecule has 0 radical (unpaired) electrons. The molecular formula is C49H70N4O4. The van der Waals surface area contributed by atoms with Crippen LogP contribution < -0.4 is 5.32 Å². The third-order valence-electron chi connectivity index (χ3n) is 11.1. The van der Waals surface area contributed by atoms with E-state index >= 15 is 0 Å². The number of carbonyl (C=O) groups excluding carboxylic acids is 1. The molecule has 0 amide bonds. The minimum absolute atomic E-state index is 0. The Hall–Kier alpha value is -3.89. The Kier molecular flexibility index (Phi) is 21.0. The second-order valence-corrected chi connectivity index (χ2v) is 15.1. The molecule has 4 atom stereocenters. The van der Waals surface area contributed by atoms with Crippen molar-refractivity contribution < 1.29 is 19.0 Å². The second kappa shape index (κ2) is 26.2. The van der Waals surface area contributed by atoms with Gasteiger partial charge in [0.05, 0.1) is 18.8 Å². The maximum absolute atomic E-state index is 11.5. The molecule has 2 aliphatic heterocycles. The maximum atomic E-state index is 11.5. The van der Waals surface area contributed by atoms with E-state index in [1.165, 1.54) is 22.3 Å². The number of piperidine rings is 2. The van der Waals surface area contributed by atoms with Crippen LogP contribution in [-0.4, -0.2) is 98.5 Å². The molecule has 57 heavy (non-hydrogen) atoms. The number of carbonyl (C=O) groups is 1. The highest BCUT2D eigenvalue weighted by Crippen LogP contribution is 2.25. The number of unbranched alkanes of at least 4 members (excludes halogenated alkanes) is 2. The van der Waals surface area contributed by atoms with Gasteiger partial charge in [0.2, 0.25) is 0 Å². The standard InChI is InChI=1S/C28H40N2O3.C20H26N2O.CH4/c1-3-33-28(31)17-11-6-12-19-29-20-18-26(27(23-29)32-2)30(21-24-13-7-4-8-14-24)22-25-15-9-5-10-16-25;1-23-20-14-21-13-12-19(20)22(15-17-8-4-2-5-9-17)16-18-10-6-3-7-11-18;/h4-5,7-10,13-16,26-27H,3,6,11-12,17-23H2,1-2H3;2-11,19-21H,12-16H2,1H3;1H4/t26-,27+;19-,20+;/m11./s1. The lowest BCUT2D eigenvalue weighted by molar-refractivity contribution is -0.143. The van der Waals surface area contributed by atoms with Crippen molar-refractivity contribution >= 4 is 5.97 Å². The van der Waals surface area contributed by atoms with Gasteiger partial charge >= 0.3 is 5.97 Å². The van der Waals surface area contributed by atoms with Crippen molar-refractivity contribution in [2.24, 2.45) is 0 Å². The van der Waals surface area contributed by atoms with Crippen LogP contribution in [-0.2, 0) is 45.2 Å². The zero-order valence-electron chi connectivity index (χ0n) is 34.1. The molecule has 0 unspecified atom stereocenters. The highest BCUT2D eigenvalue weighted by molar-refractivity contribution is 5.69. The number of nitrogens with one attached hydrogen (secondary N) is 1. The number of nitrogens with zero attached hydrogens (tertiary/aromatic N) is 3. The summed E-state index contributed by atoms with van der Waals surface area (Å²) in [4.78, 5) is 19.2. The van der Waals surface area contributed by atoms with Crippen LogP contribution in [0.3, 0.4) is 0 Å². The molecule has 4 aromatic rings. The van der Waals surface area contributed by atoms with Crippen LogP contribution in [0.15, 0.2) is 121 Å². The average molecular weight is 779 g/mol. The summed E-state index contributed by atoms with van der Waals surface area (Å²) in [7, 11) is 3.68. The van der Waals surface area contributed by atoms with Gasteiger partial charge in [0, 0.05) is 72.0 Å². The van der Waals surface area contributed by atoms with Gasteiger partial charge in [-0.05, 0) is 74.5 Å². The quantitative estimate of drug-likeness (QED) is 0.0751. The number of hydrogen-bond donors (Lipinski definition) is 1. The Morgan fingerprint density at radius 3 is 1.54 bits per heavy atom. The van der Waals surface area contributed by atoms with E-state index in [-0.39, 0.29) is 25.6 Å². The number of likely N-dealkylation sites (tertiary alicyclic amines) is 1. The molecule has 0 aliphatic carbocycles. The Morgan fingerprint density at radius 1 is 0.649 bits per heavy atom. The fourth-order valence-electron chi connectivity index (χ4n) is 8.16. The zero-order valence-corrected chi connectivity index (χ0v) is 34.1. The summed E-state index contributed by atoms with van der Waals surface area (Å²) in [5.41, 5.74) is 5.40. The lowest BCUT2D eigenvalue weighted by Crippen LogP contribution is -2.54. The van der Waals surface area contributed by atoms with Crippen LogP contribution in [0.4, 0.5) is 0 Å². The predicted molar refractivity (Wildman–Crippen MR) is 234 cm³/mol. The van der Waals surface area contributed by atoms with E-state index in [0.29, 0.717) is 25.1 Å². The summed E-state index contributed by atoms with van der Waals surface area (Å²) in [6.45, 7) is 11.2. The van der Waals surface area contributed by atoms with Crippen LogP contribution in [0.25, 0.3) is 0 Å². The number of hydrogen-bond acceptors (Lipinski definition) is 8. The number of benzene rings is 4. The van der Waals surface area contributed by atoms with Crippen molar-refractivity contribution in [3.8, 4) is 0 Å². The minimum atomic E-state index is -0.0744. The molecular weight excluding hydrogens is 709 g/mol. The largest absolute Gasteiger partial charge is 0.466 e. The molecule has 1 N–H and O–H groups in total. The Balaban J connectivity index is 0.000000263. The summed E-state index contributed by atoms with van der Waals surface area (Å²) < 4.78 is 16.8. The molecule has 4 aromatic carbocycles. The van der Waals surface area contributed by atoms with Crippen molar-refractivity contribution in [3.05, 3.63) is 144 Å². The molecule has 0 aromatic heterocycles. The monoisotopic (exact) mass is 779 g/mol. The molecule has 310 valence electrons. The summed E-state index contributed by atoms with van der Waals surface area (Å²) in [5, 5.41) is 3.45. The van der Waals surface area contributed by atoms with Gasteiger partial charge in [-0.15, -0.1) is 0 Å². The summed E-state index contributed by atoms with van der Waals surface area (Å²) in [5.74, 6) is -0.0744. The van der Waals surface area contributed by atoms with Gasteiger partial charge in [0.25, 0.3) is 0 Å². The van der Waals surface area contributed by atoms with Gasteiger partial charge < -0.3 is 24.4 Å². The molecule has 0 spiro atoms. The summed E-state index contributed by atoms with van der Waals surface area (Å²) >= 11 is 0. The van der Waals surface area contributed by atoms with Gasteiger partial charge in [0.1, 0.15) is 0 Å². The van der Waals surface area contributed by atoms with Crippen LogP contribution in [0.2, 0.25) is 0 Å². The first-order chi connectivity index (χ1) is 27.6. The van der Waals surface area contributed by atoms with Crippen molar-refractivity contribution in [1.29, 1.82) is 0 Å². The van der Waals surface area contributed by atoms with E-state index in [1.54, 1.807) is 0 Å². The molecule has 2 aliphatic rings. The minimum Gasteiger partial charge on any atom is -0.466 e. The van der Waals surface area contributed by atoms with Gasteiger partial charge in [-0.3, -0.25) is 14.6 Å². The molecule has 2 saturated heterocycles. The zero-order chi connectivity index (χ0) is 39.2. The second-order valence-electron chi connectivity index (χ2n) is 15.1. The van der Waals surface area contributed by atoms with Crippen molar-refractivity contribution in [3.63, 3.8) is 0 Å². The fraction of sp³-hybridized carbons (Fsp3) is 0.490. The maximum Gasteiger partial charge on any atom is 0.305 e. The molecule has 2 fully saturated rings. The third kappa shape index (κ3) is 15.8. The number of rotatable bonds is 19. The predicted octanol–water partition coefficient (Wildman–Crippen LogP) is 8.60. The smallest absolute Gasteiger partial charge is 0.305 e. The van der Waals surface area contributed by atoms with E-state index in [0.717, 1.165) is 91.0 Å². The van der Waals surface area contributed by atoms with E-state index in [2.05, 4.69) is 141 Å². The first-order valence-corrected chi connectivity index (χ1v) is 20.8. The van der Waals surface area contributed by atoms with Gasteiger partial charge in [-0.2, -0.15) is 0 Å². The Labute approximate surface area is 344 Å². The molecule has 8 heteroatoms. The highest BCUT2D eigenvalue weighted by atomic mass is 16.5. The summed E-state index contributed by atoms with van der Waals surface area (Å²) in [6, 6.07) is 43.8. The van der Waals surface area contributed by atoms with Crippen molar-refractivity contribution in [2.75, 3.05) is 53.6 Å². The number of esters is 1. The SMILES string of the molecule is C.CCOC(=O)CCCCCN1CC[C@@H](N(Cc2ccccc2)Cc2ccccc2)[C@@H](OC)C1.CO[C@H]1CNCC[C@H]1N(Cc1ccccc1)Cc1ccccc1. The lowest BCUT2D eigenvalue weighted by atomic mass is 9.97. The van der Waals surface area contributed by atoms with Crippen LogP contribution >= 0.6 is 0 Å². The molecule has 8 nitrogen and oxygen atoms in total. The van der Waals surface area contributed by atoms with Crippen molar-refractivity contribution in [1.82, 2.24) is 20.0 Å². The molecule has 2 heterocycles. The van der Waals surface area contributed by atoms with Gasteiger partial charge in [-0.1, -0.05) is 135 Å². The van der Waals surface area contributed by atoms with Crippen LogP contribution in [0.5, 0.6) is 0 Å². The first-order valence-electron chi connectivity index (χ1n) is 20.8.